The van der Waals surface area contributed by atoms with Crippen LogP contribution in [0.25, 0.3) is 0 Å². The first-order chi connectivity index (χ1) is 9.46. The van der Waals surface area contributed by atoms with Crippen LogP contribution < -0.4 is 5.32 Å². The maximum absolute atomic E-state index is 12.8. The highest BCUT2D eigenvalue weighted by Crippen LogP contribution is 2.44. The fourth-order valence-corrected chi connectivity index (χ4v) is 3.11. The van der Waals surface area contributed by atoms with Crippen molar-refractivity contribution < 1.29 is 4.79 Å². The minimum atomic E-state index is -0.419. The van der Waals surface area contributed by atoms with Gasteiger partial charge in [-0.15, -0.1) is 0 Å². The molecule has 1 aromatic rings. The van der Waals surface area contributed by atoms with E-state index in [0.29, 0.717) is 12.0 Å². The second-order valence-corrected chi connectivity index (χ2v) is 6.64. The van der Waals surface area contributed by atoms with E-state index in [1.165, 1.54) is 11.1 Å². The summed E-state index contributed by atoms with van der Waals surface area (Å²) in [6.45, 7) is 8.43. The Morgan fingerprint density at radius 2 is 1.95 bits per heavy atom. The van der Waals surface area contributed by atoms with Crippen molar-refractivity contribution >= 4 is 5.91 Å². The summed E-state index contributed by atoms with van der Waals surface area (Å²) in [5, 5.41) is 3.57. The number of nitrogens with zero attached hydrogens (tertiary/aromatic N) is 1. The molecule has 0 radical (unpaired) electrons. The zero-order chi connectivity index (χ0) is 14.5. The second-order valence-electron chi connectivity index (χ2n) is 6.64. The van der Waals surface area contributed by atoms with Gasteiger partial charge in [-0.05, 0) is 38.2 Å². The Kier molecular flexibility index (Phi) is 3.13. The van der Waals surface area contributed by atoms with Gasteiger partial charge in [-0.3, -0.25) is 10.1 Å². The normalized spacial score (nSPS) is 36.5. The molecule has 1 aliphatic carbocycles. The summed E-state index contributed by atoms with van der Waals surface area (Å²) in [6.07, 6.45) is 1.99. The zero-order valence-corrected chi connectivity index (χ0v) is 12.8. The van der Waals surface area contributed by atoms with Gasteiger partial charge in [0.25, 0.3) is 0 Å². The van der Waals surface area contributed by atoms with Crippen LogP contribution in [-0.4, -0.2) is 22.4 Å². The van der Waals surface area contributed by atoms with E-state index in [0.717, 1.165) is 12.8 Å². The topological polar surface area (TPSA) is 32.3 Å². The van der Waals surface area contributed by atoms with Crippen LogP contribution in [-0.2, 0) is 4.79 Å². The molecule has 2 aliphatic rings. The molecule has 0 bridgehead atoms. The lowest BCUT2D eigenvalue weighted by Crippen LogP contribution is -2.43. The number of rotatable bonds is 3. The molecule has 0 spiro atoms. The Morgan fingerprint density at radius 3 is 2.45 bits per heavy atom. The van der Waals surface area contributed by atoms with Gasteiger partial charge in [-0.25, -0.2) is 0 Å². The summed E-state index contributed by atoms with van der Waals surface area (Å²) in [7, 11) is 0. The molecular weight excluding hydrogens is 248 g/mol. The largest absolute Gasteiger partial charge is 0.318 e. The zero-order valence-electron chi connectivity index (χ0n) is 12.8. The number of nitrogens with one attached hydrogen (secondary N) is 1. The maximum atomic E-state index is 12.8. The number of benzene rings is 1. The van der Waals surface area contributed by atoms with Gasteiger partial charge < -0.3 is 4.90 Å². The van der Waals surface area contributed by atoms with Crippen molar-refractivity contribution in [1.29, 1.82) is 0 Å². The number of aryl methyl sites for hydroxylation is 1. The van der Waals surface area contributed by atoms with Crippen LogP contribution in [0.15, 0.2) is 24.3 Å². The van der Waals surface area contributed by atoms with E-state index < -0.39 is 5.54 Å². The van der Waals surface area contributed by atoms with E-state index in [2.05, 4.69) is 55.3 Å². The van der Waals surface area contributed by atoms with Gasteiger partial charge in [0.2, 0.25) is 5.91 Å². The van der Waals surface area contributed by atoms with Gasteiger partial charge in [0, 0.05) is 6.04 Å². The highest BCUT2D eigenvalue weighted by Gasteiger charge is 2.54. The monoisotopic (exact) mass is 272 g/mol. The predicted octanol–water partition coefficient (Wildman–Crippen LogP) is 3.00. The summed E-state index contributed by atoms with van der Waals surface area (Å²) < 4.78 is 0. The van der Waals surface area contributed by atoms with Gasteiger partial charge in [-0.2, -0.15) is 0 Å². The molecule has 1 heterocycles. The Labute approximate surface area is 121 Å². The van der Waals surface area contributed by atoms with Gasteiger partial charge in [0.15, 0.2) is 0 Å². The number of hydrogen-bond acceptors (Lipinski definition) is 2. The van der Waals surface area contributed by atoms with E-state index in [1.807, 2.05) is 6.92 Å². The molecule has 3 nitrogen and oxygen atoms in total. The number of amides is 1. The van der Waals surface area contributed by atoms with Crippen molar-refractivity contribution in [3.63, 3.8) is 0 Å². The molecule has 1 aliphatic heterocycles. The lowest BCUT2D eigenvalue weighted by molar-refractivity contribution is -0.133. The molecule has 2 fully saturated rings. The molecule has 4 atom stereocenters. The van der Waals surface area contributed by atoms with Gasteiger partial charge >= 0.3 is 0 Å². The van der Waals surface area contributed by atoms with Crippen LogP contribution in [0.5, 0.6) is 0 Å². The lowest BCUT2D eigenvalue weighted by atomic mass is 9.99. The molecule has 1 amide bonds. The number of carbonyl (C=O) groups is 1. The third-order valence-electron chi connectivity index (χ3n) is 4.96. The van der Waals surface area contributed by atoms with Crippen LogP contribution in [0.3, 0.4) is 0 Å². The van der Waals surface area contributed by atoms with Crippen molar-refractivity contribution in [2.24, 2.45) is 5.92 Å². The van der Waals surface area contributed by atoms with Crippen molar-refractivity contribution in [1.82, 2.24) is 10.2 Å². The summed E-state index contributed by atoms with van der Waals surface area (Å²) in [6, 6.07) is 8.94. The van der Waals surface area contributed by atoms with Crippen LogP contribution in [0.1, 0.15) is 50.9 Å². The molecule has 1 saturated carbocycles. The van der Waals surface area contributed by atoms with Crippen molar-refractivity contribution in [3.05, 3.63) is 35.4 Å². The molecule has 4 unspecified atom stereocenters. The molecule has 1 saturated heterocycles. The Bertz CT molecular complexity index is 524. The smallest absolute Gasteiger partial charge is 0.244 e. The molecule has 1 aromatic carbocycles. The molecule has 1 N–H and O–H groups in total. The van der Waals surface area contributed by atoms with Crippen LogP contribution in [0.4, 0.5) is 0 Å². The minimum Gasteiger partial charge on any atom is -0.318 e. The number of hydrogen-bond donors (Lipinski definition) is 1. The Hall–Kier alpha value is -1.35. The van der Waals surface area contributed by atoms with Gasteiger partial charge in [-0.1, -0.05) is 43.7 Å². The fraction of sp³-hybridized carbons (Fsp3) is 0.588. The maximum Gasteiger partial charge on any atom is 0.244 e. The molecule has 3 rings (SSSR count). The average molecular weight is 272 g/mol. The molecule has 108 valence electrons. The average Bonchev–Trinajstić information content (AvgIpc) is 3.08. The molecule has 20 heavy (non-hydrogen) atoms. The van der Waals surface area contributed by atoms with E-state index in [1.54, 1.807) is 0 Å². The Balaban J connectivity index is 1.95. The molecule has 0 aromatic heterocycles. The summed E-state index contributed by atoms with van der Waals surface area (Å²) in [4.78, 5) is 14.9. The third kappa shape index (κ3) is 2.05. The van der Waals surface area contributed by atoms with E-state index in [4.69, 9.17) is 0 Å². The van der Waals surface area contributed by atoms with E-state index in [9.17, 15) is 4.79 Å². The van der Waals surface area contributed by atoms with Gasteiger partial charge in [0.05, 0.1) is 5.54 Å². The lowest BCUT2D eigenvalue weighted by Gasteiger charge is -2.25. The third-order valence-corrected chi connectivity index (χ3v) is 4.96. The first-order valence-corrected chi connectivity index (χ1v) is 7.63. The molecular formula is C17H24N2O. The highest BCUT2D eigenvalue weighted by atomic mass is 16.2. The number of carbonyl (C=O) groups excluding carboxylic acids is 1. The summed E-state index contributed by atoms with van der Waals surface area (Å²) in [5.41, 5.74) is 2.03. The summed E-state index contributed by atoms with van der Waals surface area (Å²) >= 11 is 0. The Morgan fingerprint density at radius 1 is 1.35 bits per heavy atom. The van der Waals surface area contributed by atoms with Crippen molar-refractivity contribution in [2.45, 2.75) is 58.3 Å². The summed E-state index contributed by atoms with van der Waals surface area (Å²) in [5.74, 6) is 0.896. The van der Waals surface area contributed by atoms with Crippen LogP contribution in [0, 0.1) is 12.8 Å². The van der Waals surface area contributed by atoms with Crippen LogP contribution in [0.2, 0.25) is 0 Å². The van der Waals surface area contributed by atoms with Crippen LogP contribution >= 0.6 is 0 Å². The van der Waals surface area contributed by atoms with E-state index in [-0.39, 0.29) is 12.1 Å². The van der Waals surface area contributed by atoms with E-state index >= 15 is 0 Å². The first kappa shape index (κ1) is 13.6. The quantitative estimate of drug-likeness (QED) is 0.917. The van der Waals surface area contributed by atoms with Crippen molar-refractivity contribution in [2.75, 3.05) is 0 Å². The fourth-order valence-electron chi connectivity index (χ4n) is 3.11. The van der Waals surface area contributed by atoms with Crippen molar-refractivity contribution in [3.8, 4) is 0 Å². The first-order valence-electron chi connectivity index (χ1n) is 7.63. The standard InChI is InChI=1S/C17H24N2O/c1-5-17(4)16(20)19(14-10-12(14)3)15(18-17)13-8-6-11(2)7-9-13/h6-9,12,14-15,18H,5,10H2,1-4H3. The second kappa shape index (κ2) is 4.59. The predicted molar refractivity (Wildman–Crippen MR) is 80.2 cm³/mol. The van der Waals surface area contributed by atoms with Gasteiger partial charge in [0.1, 0.15) is 6.17 Å². The SMILES string of the molecule is CCC1(C)NC(c2ccc(C)cc2)N(C2CC2C)C1=O. The highest BCUT2D eigenvalue weighted by molar-refractivity contribution is 5.89. The molecule has 3 heteroatoms. The minimum absolute atomic E-state index is 0.0306.